The normalized spacial score (nSPS) is 10.5. The van der Waals surface area contributed by atoms with Crippen molar-refractivity contribution in [2.75, 3.05) is 0 Å². The summed E-state index contributed by atoms with van der Waals surface area (Å²) in [5.74, 6) is -0.956. The number of carboxylic acid groups (broad SMARTS) is 1. The molecule has 0 aliphatic heterocycles. The van der Waals surface area contributed by atoms with Gasteiger partial charge in [0.1, 0.15) is 0 Å². The average molecular weight is 266 g/mol. The van der Waals surface area contributed by atoms with Crippen LogP contribution in [0.25, 0.3) is 10.9 Å². The molecule has 0 atom stereocenters. The summed E-state index contributed by atoms with van der Waals surface area (Å²) in [7, 11) is 0. The Labute approximate surface area is 94.9 Å². The van der Waals surface area contributed by atoms with E-state index >= 15 is 0 Å². The molecule has 0 spiro atoms. The van der Waals surface area contributed by atoms with Crippen LogP contribution in [0.3, 0.4) is 0 Å². The standard InChI is InChI=1S/C11H8BrNO2/c1-6-2-7-4-8(11(14)15)5-13-10(7)9(12)3-6/h2-5H,1H3,(H,14,15). The number of hydrogen-bond donors (Lipinski definition) is 1. The number of benzene rings is 1. The first-order chi connectivity index (χ1) is 7.08. The van der Waals surface area contributed by atoms with E-state index in [1.165, 1.54) is 6.20 Å². The quantitative estimate of drug-likeness (QED) is 0.863. The minimum Gasteiger partial charge on any atom is -0.478 e. The number of aryl methyl sites for hydroxylation is 1. The van der Waals surface area contributed by atoms with E-state index in [-0.39, 0.29) is 5.56 Å². The van der Waals surface area contributed by atoms with Crippen LogP contribution < -0.4 is 0 Å². The predicted molar refractivity (Wildman–Crippen MR) is 61.1 cm³/mol. The Kier molecular flexibility index (Phi) is 2.44. The number of hydrogen-bond acceptors (Lipinski definition) is 2. The highest BCUT2D eigenvalue weighted by Crippen LogP contribution is 2.24. The van der Waals surface area contributed by atoms with E-state index in [1.807, 2.05) is 19.1 Å². The van der Waals surface area contributed by atoms with Gasteiger partial charge < -0.3 is 5.11 Å². The summed E-state index contributed by atoms with van der Waals surface area (Å²) >= 11 is 3.40. The lowest BCUT2D eigenvalue weighted by Gasteiger charge is -2.03. The molecule has 76 valence electrons. The number of carboxylic acids is 1. The van der Waals surface area contributed by atoms with Gasteiger partial charge in [-0.2, -0.15) is 0 Å². The number of aromatic carboxylic acids is 1. The molecule has 1 N–H and O–H groups in total. The molecule has 15 heavy (non-hydrogen) atoms. The first kappa shape index (κ1) is 10.1. The van der Waals surface area contributed by atoms with Crippen LogP contribution in [-0.2, 0) is 0 Å². The topological polar surface area (TPSA) is 50.2 Å². The van der Waals surface area contributed by atoms with E-state index in [0.717, 1.165) is 20.9 Å². The Morgan fingerprint density at radius 1 is 1.40 bits per heavy atom. The van der Waals surface area contributed by atoms with Crippen molar-refractivity contribution >= 4 is 32.8 Å². The van der Waals surface area contributed by atoms with Crippen LogP contribution in [0, 0.1) is 6.92 Å². The molecule has 0 aliphatic carbocycles. The minimum atomic E-state index is -0.956. The molecule has 3 nitrogen and oxygen atoms in total. The second kappa shape index (κ2) is 3.62. The number of pyridine rings is 1. The molecular formula is C11H8BrNO2. The molecule has 0 saturated heterocycles. The van der Waals surface area contributed by atoms with Crippen LogP contribution >= 0.6 is 15.9 Å². The highest BCUT2D eigenvalue weighted by molar-refractivity contribution is 9.10. The van der Waals surface area contributed by atoms with Crippen molar-refractivity contribution in [3.63, 3.8) is 0 Å². The van der Waals surface area contributed by atoms with Gasteiger partial charge in [0.2, 0.25) is 0 Å². The van der Waals surface area contributed by atoms with Crippen molar-refractivity contribution in [3.8, 4) is 0 Å². The summed E-state index contributed by atoms with van der Waals surface area (Å²) in [4.78, 5) is 14.9. The fraction of sp³-hybridized carbons (Fsp3) is 0.0909. The lowest BCUT2D eigenvalue weighted by Crippen LogP contribution is -1.97. The Morgan fingerprint density at radius 2 is 2.13 bits per heavy atom. The third-order valence-corrected chi connectivity index (χ3v) is 2.73. The number of fused-ring (bicyclic) bond motifs is 1. The van der Waals surface area contributed by atoms with Gasteiger partial charge in [-0.3, -0.25) is 4.98 Å². The molecule has 0 radical (unpaired) electrons. The molecule has 2 rings (SSSR count). The fourth-order valence-corrected chi connectivity index (χ4v) is 2.16. The smallest absolute Gasteiger partial charge is 0.337 e. The van der Waals surface area contributed by atoms with Crippen LogP contribution in [0.2, 0.25) is 0 Å². The van der Waals surface area contributed by atoms with Gasteiger partial charge in [0, 0.05) is 16.1 Å². The summed E-state index contributed by atoms with van der Waals surface area (Å²) in [6, 6.07) is 5.50. The van der Waals surface area contributed by atoms with E-state index in [0.29, 0.717) is 0 Å². The Morgan fingerprint density at radius 3 is 2.80 bits per heavy atom. The monoisotopic (exact) mass is 265 g/mol. The molecule has 0 fully saturated rings. The number of rotatable bonds is 1. The third-order valence-electron chi connectivity index (χ3n) is 2.13. The van der Waals surface area contributed by atoms with Crippen LogP contribution in [0.5, 0.6) is 0 Å². The number of nitrogens with zero attached hydrogens (tertiary/aromatic N) is 1. The average Bonchev–Trinajstić information content (AvgIpc) is 2.16. The predicted octanol–water partition coefficient (Wildman–Crippen LogP) is 3.00. The maximum Gasteiger partial charge on any atom is 0.337 e. The van der Waals surface area contributed by atoms with Crippen molar-refractivity contribution in [1.82, 2.24) is 4.98 Å². The van der Waals surface area contributed by atoms with Gasteiger partial charge >= 0.3 is 5.97 Å². The highest BCUT2D eigenvalue weighted by Gasteiger charge is 2.07. The van der Waals surface area contributed by atoms with Crippen molar-refractivity contribution in [2.24, 2.45) is 0 Å². The molecule has 2 aromatic rings. The molecule has 0 bridgehead atoms. The third kappa shape index (κ3) is 1.85. The van der Waals surface area contributed by atoms with Crippen LogP contribution in [0.15, 0.2) is 28.9 Å². The molecule has 1 aromatic carbocycles. The maximum atomic E-state index is 10.8. The van der Waals surface area contributed by atoms with Gasteiger partial charge in [-0.15, -0.1) is 0 Å². The summed E-state index contributed by atoms with van der Waals surface area (Å²) in [6.07, 6.45) is 1.37. The van der Waals surface area contributed by atoms with E-state index in [1.54, 1.807) is 6.07 Å². The summed E-state index contributed by atoms with van der Waals surface area (Å²) in [5, 5.41) is 9.67. The van der Waals surface area contributed by atoms with Crippen LogP contribution in [0.4, 0.5) is 0 Å². The summed E-state index contributed by atoms with van der Waals surface area (Å²) in [5.41, 5.74) is 2.06. The van der Waals surface area contributed by atoms with E-state index < -0.39 is 5.97 Å². The lowest BCUT2D eigenvalue weighted by atomic mass is 10.1. The van der Waals surface area contributed by atoms with Crippen LogP contribution in [-0.4, -0.2) is 16.1 Å². The molecule has 1 heterocycles. The Bertz CT molecular complexity index is 552. The number of carbonyl (C=O) groups is 1. The lowest BCUT2D eigenvalue weighted by molar-refractivity contribution is 0.0696. The zero-order valence-electron chi connectivity index (χ0n) is 7.99. The highest BCUT2D eigenvalue weighted by atomic mass is 79.9. The summed E-state index contributed by atoms with van der Waals surface area (Å²) < 4.78 is 0.884. The molecule has 0 unspecified atom stereocenters. The molecule has 1 aromatic heterocycles. The van der Waals surface area contributed by atoms with Gasteiger partial charge in [-0.25, -0.2) is 4.79 Å². The molecule has 0 amide bonds. The van der Waals surface area contributed by atoms with E-state index in [4.69, 9.17) is 5.11 Å². The molecule has 0 aliphatic rings. The largest absolute Gasteiger partial charge is 0.478 e. The second-order valence-corrected chi connectivity index (χ2v) is 4.20. The maximum absolute atomic E-state index is 10.8. The van der Waals surface area contributed by atoms with Crippen molar-refractivity contribution in [3.05, 3.63) is 40.0 Å². The number of halogens is 1. The fourth-order valence-electron chi connectivity index (χ4n) is 1.46. The van der Waals surface area contributed by atoms with Gasteiger partial charge in [-0.1, -0.05) is 0 Å². The SMILES string of the molecule is Cc1cc(Br)c2ncc(C(=O)O)cc2c1. The second-order valence-electron chi connectivity index (χ2n) is 3.35. The Hall–Kier alpha value is -1.42. The zero-order chi connectivity index (χ0) is 11.0. The van der Waals surface area contributed by atoms with E-state index in [2.05, 4.69) is 20.9 Å². The summed E-state index contributed by atoms with van der Waals surface area (Å²) in [6.45, 7) is 1.96. The van der Waals surface area contributed by atoms with Gasteiger partial charge in [0.25, 0.3) is 0 Å². The molecule has 0 saturated carbocycles. The first-order valence-electron chi connectivity index (χ1n) is 4.37. The van der Waals surface area contributed by atoms with Gasteiger partial charge in [0.15, 0.2) is 0 Å². The Balaban J connectivity index is 2.76. The van der Waals surface area contributed by atoms with E-state index in [9.17, 15) is 4.79 Å². The van der Waals surface area contributed by atoms with Crippen molar-refractivity contribution in [2.45, 2.75) is 6.92 Å². The molecule has 4 heteroatoms. The van der Waals surface area contributed by atoms with Gasteiger partial charge in [0.05, 0.1) is 11.1 Å². The first-order valence-corrected chi connectivity index (χ1v) is 5.16. The minimum absolute atomic E-state index is 0.208. The van der Waals surface area contributed by atoms with Crippen molar-refractivity contribution in [1.29, 1.82) is 0 Å². The number of aromatic nitrogens is 1. The molecular weight excluding hydrogens is 258 g/mol. The van der Waals surface area contributed by atoms with Gasteiger partial charge in [-0.05, 0) is 46.6 Å². The zero-order valence-corrected chi connectivity index (χ0v) is 9.58. The van der Waals surface area contributed by atoms with Crippen LogP contribution in [0.1, 0.15) is 15.9 Å². The van der Waals surface area contributed by atoms with Crippen molar-refractivity contribution < 1.29 is 9.90 Å².